The van der Waals surface area contributed by atoms with Gasteiger partial charge in [-0.2, -0.15) is 5.10 Å². The van der Waals surface area contributed by atoms with Crippen LogP contribution in [-0.4, -0.2) is 78.7 Å². The van der Waals surface area contributed by atoms with Crippen molar-refractivity contribution in [3.8, 4) is 11.5 Å². The van der Waals surface area contributed by atoms with E-state index in [4.69, 9.17) is 4.42 Å². The van der Waals surface area contributed by atoms with Crippen LogP contribution in [0.4, 0.5) is 5.69 Å². The first kappa shape index (κ1) is 29.4. The first-order chi connectivity index (χ1) is 22.4. The summed E-state index contributed by atoms with van der Waals surface area (Å²) in [6.07, 6.45) is 6.00. The smallest absolute Gasteiger partial charge is 0.264 e. The van der Waals surface area contributed by atoms with E-state index in [1.807, 2.05) is 46.1 Å². The van der Waals surface area contributed by atoms with Gasteiger partial charge in [-0.1, -0.05) is 24.3 Å². The zero-order valence-electron chi connectivity index (χ0n) is 25.0. The number of rotatable bonds is 8. The number of hydrogen-bond donors (Lipinski definition) is 3. The van der Waals surface area contributed by atoms with Crippen molar-refractivity contribution >= 4 is 29.3 Å². The molecular weight excluding hydrogens is 590 g/mol. The van der Waals surface area contributed by atoms with Crippen molar-refractivity contribution in [2.45, 2.75) is 57.0 Å². The maximum atomic E-state index is 13.4. The Hall–Kier alpha value is -5.30. The molecule has 0 aliphatic carbocycles. The highest BCUT2D eigenvalue weighted by molar-refractivity contribution is 6.24. The lowest BCUT2D eigenvalue weighted by Crippen LogP contribution is -2.57. The van der Waals surface area contributed by atoms with Gasteiger partial charge in [-0.05, 0) is 43.5 Å². The van der Waals surface area contributed by atoms with E-state index in [1.165, 1.54) is 0 Å². The highest BCUT2D eigenvalue weighted by atomic mass is 16.3. The fourth-order valence-corrected chi connectivity index (χ4v) is 6.41. The number of aliphatic hydroxyl groups excluding tert-OH is 1. The minimum Gasteiger partial charge on any atom is -0.444 e. The van der Waals surface area contributed by atoms with Crippen molar-refractivity contribution in [2.75, 3.05) is 18.4 Å². The summed E-state index contributed by atoms with van der Waals surface area (Å²) in [6.45, 7) is 1.60. The van der Waals surface area contributed by atoms with Crippen LogP contribution in [0.2, 0.25) is 0 Å². The zero-order valence-corrected chi connectivity index (χ0v) is 25.0. The molecule has 0 saturated carbocycles. The number of carbonyl (C=O) groups excluding carboxylic acids is 4. The highest BCUT2D eigenvalue weighted by Gasteiger charge is 2.45. The highest BCUT2D eigenvalue weighted by Crippen LogP contribution is 2.33. The molecule has 2 aromatic heterocycles. The molecule has 13 nitrogen and oxygen atoms in total. The average Bonchev–Trinajstić information content (AvgIpc) is 3.80. The van der Waals surface area contributed by atoms with Crippen molar-refractivity contribution < 1.29 is 28.7 Å². The van der Waals surface area contributed by atoms with Crippen LogP contribution in [0.25, 0.3) is 11.5 Å². The van der Waals surface area contributed by atoms with Crippen molar-refractivity contribution in [3.63, 3.8) is 0 Å². The number of fused-ring (bicyclic) bond motifs is 1. The number of amides is 4. The number of likely N-dealkylation sites (tertiary alicyclic amines) is 1. The van der Waals surface area contributed by atoms with Crippen LogP contribution in [0.15, 0.2) is 71.6 Å². The molecule has 0 radical (unpaired) electrons. The van der Waals surface area contributed by atoms with E-state index < -0.39 is 24.1 Å². The Balaban J connectivity index is 0.935. The van der Waals surface area contributed by atoms with E-state index in [1.54, 1.807) is 30.7 Å². The van der Waals surface area contributed by atoms with E-state index in [0.29, 0.717) is 36.9 Å². The van der Waals surface area contributed by atoms with Crippen LogP contribution in [0, 0.1) is 0 Å². The van der Waals surface area contributed by atoms with Gasteiger partial charge in [0.1, 0.15) is 12.5 Å². The molecule has 4 aromatic rings. The van der Waals surface area contributed by atoms with Crippen molar-refractivity contribution in [2.24, 2.45) is 0 Å². The van der Waals surface area contributed by atoms with E-state index in [0.717, 1.165) is 28.9 Å². The number of hydrogen-bond acceptors (Lipinski definition) is 9. The molecule has 236 valence electrons. The van der Waals surface area contributed by atoms with Crippen LogP contribution >= 0.6 is 0 Å². The molecule has 2 fully saturated rings. The lowest BCUT2D eigenvalue weighted by atomic mass is 10.0. The van der Waals surface area contributed by atoms with Crippen molar-refractivity contribution in [1.29, 1.82) is 0 Å². The maximum Gasteiger partial charge on any atom is 0.264 e. The monoisotopic (exact) mass is 623 g/mol. The van der Waals surface area contributed by atoms with Crippen molar-refractivity contribution in [1.82, 2.24) is 29.9 Å². The van der Waals surface area contributed by atoms with E-state index in [2.05, 4.69) is 20.7 Å². The number of imide groups is 1. The molecule has 0 bridgehead atoms. The molecule has 2 unspecified atom stereocenters. The quantitative estimate of drug-likeness (QED) is 0.251. The SMILES string of the molecule is O=C1CCC(N2C(=O)c3cccc(NCc4cnn(C5CCN(C(=O)Cc6coc(-c7ccccc7)n6)CC5)c4)c3C2=O)C(O)N1. The lowest BCUT2D eigenvalue weighted by molar-refractivity contribution is -0.132. The van der Waals surface area contributed by atoms with Gasteiger partial charge in [0.15, 0.2) is 0 Å². The number of benzene rings is 2. The molecular formula is C33H33N7O6. The van der Waals surface area contributed by atoms with Gasteiger partial charge in [0.2, 0.25) is 17.7 Å². The molecule has 5 heterocycles. The van der Waals surface area contributed by atoms with E-state index in [-0.39, 0.29) is 48.2 Å². The summed E-state index contributed by atoms with van der Waals surface area (Å²) in [5.41, 5.74) is 3.40. The molecule has 3 N–H and O–H groups in total. The third-order valence-electron chi connectivity index (χ3n) is 8.85. The average molecular weight is 624 g/mol. The molecule has 13 heteroatoms. The summed E-state index contributed by atoms with van der Waals surface area (Å²) < 4.78 is 7.50. The number of oxazole rings is 1. The first-order valence-corrected chi connectivity index (χ1v) is 15.4. The summed E-state index contributed by atoms with van der Waals surface area (Å²) in [6, 6.07) is 13.9. The topological polar surface area (TPSA) is 163 Å². The van der Waals surface area contributed by atoms with Gasteiger partial charge < -0.3 is 25.1 Å². The summed E-state index contributed by atoms with van der Waals surface area (Å²) in [5.74, 6) is -0.787. The number of nitrogens with zero attached hydrogens (tertiary/aromatic N) is 5. The predicted octanol–water partition coefficient (Wildman–Crippen LogP) is 2.75. The predicted molar refractivity (Wildman–Crippen MR) is 164 cm³/mol. The molecule has 2 aromatic carbocycles. The van der Waals surface area contributed by atoms with E-state index in [9.17, 15) is 24.3 Å². The van der Waals surface area contributed by atoms with Crippen LogP contribution in [0.5, 0.6) is 0 Å². The number of anilines is 1. The van der Waals surface area contributed by atoms with Crippen LogP contribution in [0.3, 0.4) is 0 Å². The minimum absolute atomic E-state index is 0.0152. The second-order valence-electron chi connectivity index (χ2n) is 11.8. The number of piperidine rings is 2. The van der Waals surface area contributed by atoms with Gasteiger partial charge in [0.25, 0.3) is 11.8 Å². The summed E-state index contributed by atoms with van der Waals surface area (Å²) >= 11 is 0. The Labute approximate surface area is 264 Å². The fourth-order valence-electron chi connectivity index (χ4n) is 6.41. The number of carbonyl (C=O) groups is 4. The number of nitrogens with one attached hydrogen (secondary N) is 2. The van der Waals surface area contributed by atoms with E-state index >= 15 is 0 Å². The van der Waals surface area contributed by atoms with Gasteiger partial charge in [-0.25, -0.2) is 4.98 Å². The Bertz CT molecular complexity index is 1790. The van der Waals surface area contributed by atoms with Gasteiger partial charge in [-0.15, -0.1) is 0 Å². The fraction of sp³-hybridized carbons (Fsp3) is 0.333. The summed E-state index contributed by atoms with van der Waals surface area (Å²) in [4.78, 5) is 58.6. The van der Waals surface area contributed by atoms with Gasteiger partial charge in [0.05, 0.1) is 41.5 Å². The molecule has 2 saturated heterocycles. The molecule has 3 aliphatic heterocycles. The zero-order chi connectivity index (χ0) is 31.8. The molecule has 4 amide bonds. The second-order valence-corrected chi connectivity index (χ2v) is 11.8. The summed E-state index contributed by atoms with van der Waals surface area (Å²) in [7, 11) is 0. The van der Waals surface area contributed by atoms with Crippen LogP contribution in [0.1, 0.15) is 63.7 Å². The van der Waals surface area contributed by atoms with Crippen LogP contribution < -0.4 is 10.6 Å². The first-order valence-electron chi connectivity index (χ1n) is 15.4. The lowest BCUT2D eigenvalue weighted by Gasteiger charge is -2.33. The van der Waals surface area contributed by atoms with Gasteiger partial charge in [-0.3, -0.25) is 28.8 Å². The Morgan fingerprint density at radius 1 is 1.02 bits per heavy atom. The Kier molecular flexibility index (Phi) is 7.83. The standard InChI is InChI=1S/C33H33N7O6/c41-27-10-9-26(30(43)37-27)40-32(44)24-7-4-8-25(29(24)33(40)45)34-16-20-17-35-39(18-20)23-11-13-38(14-12-23)28(42)15-22-19-46-31(36-22)21-5-2-1-3-6-21/h1-8,17-19,23,26,30,34,43H,9-16H2,(H,37,41). The molecule has 46 heavy (non-hydrogen) atoms. The number of aliphatic hydroxyl groups is 1. The van der Waals surface area contributed by atoms with Gasteiger partial charge in [0, 0.05) is 49.1 Å². The van der Waals surface area contributed by atoms with Crippen molar-refractivity contribution in [3.05, 3.63) is 89.6 Å². The second kappa shape index (κ2) is 12.2. The molecule has 2 atom stereocenters. The molecule has 0 spiro atoms. The normalized spacial score (nSPS) is 20.2. The largest absolute Gasteiger partial charge is 0.444 e. The number of aromatic nitrogens is 3. The molecule has 7 rings (SSSR count). The maximum absolute atomic E-state index is 13.4. The van der Waals surface area contributed by atoms with Gasteiger partial charge >= 0.3 is 0 Å². The third kappa shape index (κ3) is 5.65. The summed E-state index contributed by atoms with van der Waals surface area (Å²) in [5, 5.41) is 20.6. The Morgan fingerprint density at radius 2 is 1.83 bits per heavy atom. The van der Waals surface area contributed by atoms with Crippen LogP contribution in [-0.2, 0) is 22.6 Å². The third-order valence-corrected chi connectivity index (χ3v) is 8.85. The Morgan fingerprint density at radius 3 is 2.61 bits per heavy atom. The minimum atomic E-state index is -1.31. The molecule has 3 aliphatic rings.